The Labute approximate surface area is 131 Å². The number of rotatable bonds is 3. The van der Waals surface area contributed by atoms with Crippen LogP contribution in [0, 0.1) is 19.7 Å². The van der Waals surface area contributed by atoms with E-state index in [0.717, 1.165) is 17.2 Å². The molecule has 2 aromatic carbocycles. The van der Waals surface area contributed by atoms with Gasteiger partial charge < -0.3 is 10.4 Å². The van der Waals surface area contributed by atoms with Gasteiger partial charge in [0.1, 0.15) is 5.82 Å². The number of carboxylic acid groups (broad SMARTS) is 1. The van der Waals surface area contributed by atoms with Crippen LogP contribution in [-0.4, -0.2) is 17.0 Å². The van der Waals surface area contributed by atoms with Gasteiger partial charge in [0, 0.05) is 10.6 Å². The van der Waals surface area contributed by atoms with Crippen LogP contribution in [0.4, 0.5) is 10.1 Å². The summed E-state index contributed by atoms with van der Waals surface area (Å²) >= 11 is 6.03. The van der Waals surface area contributed by atoms with Crippen molar-refractivity contribution in [3.8, 4) is 0 Å². The van der Waals surface area contributed by atoms with E-state index in [1.807, 2.05) is 13.8 Å². The topological polar surface area (TPSA) is 66.4 Å². The summed E-state index contributed by atoms with van der Waals surface area (Å²) in [4.78, 5) is 22.9. The van der Waals surface area contributed by atoms with Crippen molar-refractivity contribution in [1.82, 2.24) is 0 Å². The van der Waals surface area contributed by atoms with Crippen LogP contribution in [0.1, 0.15) is 31.8 Å². The molecular weight excluding hydrogens is 309 g/mol. The molecule has 0 bridgehead atoms. The van der Waals surface area contributed by atoms with E-state index in [2.05, 4.69) is 5.32 Å². The first-order valence-electron chi connectivity index (χ1n) is 6.40. The number of aromatic carboxylic acids is 1. The molecule has 0 atom stereocenters. The smallest absolute Gasteiger partial charge is 0.335 e. The van der Waals surface area contributed by atoms with Crippen LogP contribution in [0.25, 0.3) is 0 Å². The van der Waals surface area contributed by atoms with Gasteiger partial charge in [-0.3, -0.25) is 4.79 Å². The fraction of sp³-hybridized carbons (Fsp3) is 0.125. The van der Waals surface area contributed by atoms with Crippen molar-refractivity contribution in [3.63, 3.8) is 0 Å². The highest BCUT2D eigenvalue weighted by atomic mass is 35.5. The third-order valence-electron chi connectivity index (χ3n) is 3.33. The number of aryl methyl sites for hydroxylation is 1. The van der Waals surface area contributed by atoms with E-state index < -0.39 is 17.7 Å². The Morgan fingerprint density at radius 1 is 1.14 bits per heavy atom. The van der Waals surface area contributed by atoms with E-state index >= 15 is 0 Å². The van der Waals surface area contributed by atoms with Crippen molar-refractivity contribution in [2.24, 2.45) is 0 Å². The van der Waals surface area contributed by atoms with Crippen LogP contribution in [0.3, 0.4) is 0 Å². The molecule has 114 valence electrons. The Balaban J connectivity index is 2.28. The third-order valence-corrected chi connectivity index (χ3v) is 3.72. The highest BCUT2D eigenvalue weighted by Crippen LogP contribution is 2.22. The standard InChI is InChI=1S/C16H13ClFNO3/c1-8-5-11(6-12(17)9(8)2)15(20)19-14-4-3-10(16(21)22)7-13(14)18/h3-7H,1-2H3,(H,19,20)(H,21,22). The van der Waals surface area contributed by atoms with Crippen LogP contribution >= 0.6 is 11.6 Å². The lowest BCUT2D eigenvalue weighted by atomic mass is 10.1. The average Bonchev–Trinajstić information content (AvgIpc) is 2.46. The van der Waals surface area contributed by atoms with Gasteiger partial charge in [0.15, 0.2) is 0 Å². The highest BCUT2D eigenvalue weighted by Gasteiger charge is 2.13. The Morgan fingerprint density at radius 3 is 2.36 bits per heavy atom. The van der Waals surface area contributed by atoms with Gasteiger partial charge in [-0.2, -0.15) is 0 Å². The number of amides is 1. The van der Waals surface area contributed by atoms with Crippen molar-refractivity contribution >= 4 is 29.2 Å². The largest absolute Gasteiger partial charge is 0.478 e. The Hall–Kier alpha value is -2.40. The van der Waals surface area contributed by atoms with E-state index in [4.69, 9.17) is 16.7 Å². The van der Waals surface area contributed by atoms with Crippen LogP contribution in [0.2, 0.25) is 5.02 Å². The molecule has 6 heteroatoms. The van der Waals surface area contributed by atoms with Crippen LogP contribution in [-0.2, 0) is 0 Å². The monoisotopic (exact) mass is 321 g/mol. The molecule has 0 aliphatic carbocycles. The fourth-order valence-corrected chi connectivity index (χ4v) is 2.16. The van der Waals surface area contributed by atoms with E-state index in [1.54, 1.807) is 6.07 Å². The molecule has 0 unspecified atom stereocenters. The molecule has 0 saturated heterocycles. The molecule has 0 saturated carbocycles. The summed E-state index contributed by atoms with van der Waals surface area (Å²) in [5.74, 6) is -2.58. The maximum atomic E-state index is 13.8. The number of carboxylic acids is 1. The molecule has 1 amide bonds. The van der Waals surface area contributed by atoms with Gasteiger partial charge in [0.05, 0.1) is 11.3 Å². The number of anilines is 1. The van der Waals surface area contributed by atoms with Gasteiger partial charge in [-0.05, 0) is 55.3 Å². The van der Waals surface area contributed by atoms with Crippen molar-refractivity contribution in [2.45, 2.75) is 13.8 Å². The van der Waals surface area contributed by atoms with Gasteiger partial charge in [-0.1, -0.05) is 11.6 Å². The molecular formula is C16H13ClFNO3. The van der Waals surface area contributed by atoms with Gasteiger partial charge >= 0.3 is 5.97 Å². The summed E-state index contributed by atoms with van der Waals surface area (Å²) in [5, 5.41) is 11.6. The predicted octanol–water partition coefficient (Wildman–Crippen LogP) is 4.05. The molecule has 0 spiro atoms. The van der Waals surface area contributed by atoms with Crippen molar-refractivity contribution in [2.75, 3.05) is 5.32 Å². The second kappa shape index (κ2) is 6.15. The van der Waals surface area contributed by atoms with E-state index in [-0.39, 0.29) is 11.3 Å². The summed E-state index contributed by atoms with van der Waals surface area (Å²) < 4.78 is 13.8. The molecule has 2 N–H and O–H groups in total. The lowest BCUT2D eigenvalue weighted by molar-refractivity contribution is 0.0696. The summed E-state index contributed by atoms with van der Waals surface area (Å²) in [6.07, 6.45) is 0. The summed E-state index contributed by atoms with van der Waals surface area (Å²) in [6.45, 7) is 3.66. The third kappa shape index (κ3) is 3.26. The Kier molecular flexibility index (Phi) is 4.47. The predicted molar refractivity (Wildman–Crippen MR) is 82.2 cm³/mol. The van der Waals surface area contributed by atoms with Gasteiger partial charge in [0.2, 0.25) is 0 Å². The molecule has 0 aromatic heterocycles. The maximum Gasteiger partial charge on any atom is 0.335 e. The minimum atomic E-state index is -1.24. The first-order valence-corrected chi connectivity index (χ1v) is 6.78. The number of carbonyl (C=O) groups excluding carboxylic acids is 1. The molecule has 22 heavy (non-hydrogen) atoms. The number of benzene rings is 2. The van der Waals surface area contributed by atoms with E-state index in [9.17, 15) is 14.0 Å². The molecule has 0 fully saturated rings. The number of halogens is 2. The van der Waals surface area contributed by atoms with Crippen LogP contribution in [0.15, 0.2) is 30.3 Å². The maximum absolute atomic E-state index is 13.8. The first-order chi connectivity index (χ1) is 10.3. The zero-order valence-corrected chi connectivity index (χ0v) is 12.7. The second-order valence-corrected chi connectivity index (χ2v) is 5.26. The Bertz CT molecular complexity index is 751. The number of nitrogens with one attached hydrogen (secondary N) is 1. The lowest BCUT2D eigenvalue weighted by Gasteiger charge is -2.10. The second-order valence-electron chi connectivity index (χ2n) is 4.85. The van der Waals surface area contributed by atoms with Crippen molar-refractivity contribution in [1.29, 1.82) is 0 Å². The fourth-order valence-electron chi connectivity index (χ4n) is 1.89. The normalized spacial score (nSPS) is 10.4. The molecule has 0 heterocycles. The first kappa shape index (κ1) is 16.0. The number of hydrogen-bond donors (Lipinski definition) is 2. The number of carbonyl (C=O) groups is 2. The SMILES string of the molecule is Cc1cc(C(=O)Nc2ccc(C(=O)O)cc2F)cc(Cl)c1C. The quantitative estimate of drug-likeness (QED) is 0.896. The summed E-state index contributed by atoms with van der Waals surface area (Å²) in [5.41, 5.74) is 1.73. The molecule has 2 rings (SSSR count). The molecule has 4 nitrogen and oxygen atoms in total. The van der Waals surface area contributed by atoms with E-state index in [1.165, 1.54) is 18.2 Å². The van der Waals surface area contributed by atoms with Gasteiger partial charge in [-0.25, -0.2) is 9.18 Å². The minimum absolute atomic E-state index is 0.0932. The molecule has 0 aliphatic rings. The van der Waals surface area contributed by atoms with Gasteiger partial charge in [-0.15, -0.1) is 0 Å². The Morgan fingerprint density at radius 2 is 1.82 bits per heavy atom. The summed E-state index contributed by atoms with van der Waals surface area (Å²) in [7, 11) is 0. The lowest BCUT2D eigenvalue weighted by Crippen LogP contribution is -2.14. The summed E-state index contributed by atoms with van der Waals surface area (Å²) in [6, 6.07) is 6.43. The van der Waals surface area contributed by atoms with Crippen LogP contribution < -0.4 is 5.32 Å². The zero-order chi connectivity index (χ0) is 16.4. The number of hydrogen-bond acceptors (Lipinski definition) is 2. The highest BCUT2D eigenvalue weighted by molar-refractivity contribution is 6.32. The molecule has 0 aliphatic heterocycles. The van der Waals surface area contributed by atoms with Crippen molar-refractivity contribution in [3.05, 3.63) is 63.4 Å². The average molecular weight is 322 g/mol. The van der Waals surface area contributed by atoms with Crippen LogP contribution in [0.5, 0.6) is 0 Å². The van der Waals surface area contributed by atoms with Crippen molar-refractivity contribution < 1.29 is 19.1 Å². The molecule has 0 radical (unpaired) electrons. The minimum Gasteiger partial charge on any atom is -0.478 e. The zero-order valence-electron chi connectivity index (χ0n) is 11.9. The van der Waals surface area contributed by atoms with E-state index in [0.29, 0.717) is 10.6 Å². The molecule has 2 aromatic rings. The van der Waals surface area contributed by atoms with Gasteiger partial charge in [0.25, 0.3) is 5.91 Å².